The molecule has 4 heterocycles. The maximum Gasteiger partial charge on any atom is 0.433 e. The van der Waals surface area contributed by atoms with E-state index in [0.717, 1.165) is 12.1 Å². The summed E-state index contributed by atoms with van der Waals surface area (Å²) >= 11 is 0.519. The van der Waals surface area contributed by atoms with Crippen molar-refractivity contribution in [2.45, 2.75) is 46.2 Å². The van der Waals surface area contributed by atoms with Gasteiger partial charge in [-0.25, -0.2) is 4.98 Å². The van der Waals surface area contributed by atoms with E-state index in [0.29, 0.717) is 28.3 Å². The molecule has 0 saturated heterocycles. The van der Waals surface area contributed by atoms with Gasteiger partial charge in [-0.05, 0) is 38.5 Å². The second-order valence-electron chi connectivity index (χ2n) is 8.26. The molecule has 16 heteroatoms. The van der Waals surface area contributed by atoms with E-state index >= 15 is 0 Å². The monoisotopic (exact) mass is 559 g/mol. The Hall–Kier alpha value is -3.95. The number of nitrogens with zero attached hydrogens (tertiary/aromatic N) is 5. The van der Waals surface area contributed by atoms with Gasteiger partial charge in [0.2, 0.25) is 5.91 Å². The zero-order valence-electron chi connectivity index (χ0n) is 20.0. The number of pyridine rings is 1. The van der Waals surface area contributed by atoms with E-state index in [1.54, 1.807) is 13.8 Å². The zero-order chi connectivity index (χ0) is 28.2. The third-order valence-electron chi connectivity index (χ3n) is 5.49. The first-order chi connectivity index (χ1) is 17.6. The number of hydrogen-bond donors (Lipinski definition) is 2. The van der Waals surface area contributed by atoms with Crippen molar-refractivity contribution in [3.05, 3.63) is 46.0 Å². The van der Waals surface area contributed by atoms with Crippen LogP contribution in [0.15, 0.2) is 18.3 Å². The minimum atomic E-state index is -4.84. The van der Waals surface area contributed by atoms with Gasteiger partial charge >= 0.3 is 12.4 Å². The lowest BCUT2D eigenvalue weighted by Gasteiger charge is -2.13. The van der Waals surface area contributed by atoms with E-state index in [-0.39, 0.29) is 37.6 Å². The largest absolute Gasteiger partial charge is 0.433 e. The predicted molar refractivity (Wildman–Crippen MR) is 125 cm³/mol. The molecule has 9 nitrogen and oxygen atoms in total. The van der Waals surface area contributed by atoms with Crippen LogP contribution in [0, 0.1) is 13.8 Å². The van der Waals surface area contributed by atoms with Crippen LogP contribution in [0.3, 0.4) is 0 Å². The summed E-state index contributed by atoms with van der Waals surface area (Å²) < 4.78 is 83.1. The van der Waals surface area contributed by atoms with Crippen molar-refractivity contribution in [3.8, 4) is 11.1 Å². The molecule has 0 radical (unpaired) electrons. The number of rotatable bonds is 6. The van der Waals surface area contributed by atoms with E-state index in [2.05, 4.69) is 20.5 Å². The van der Waals surface area contributed by atoms with E-state index in [9.17, 15) is 35.9 Å². The molecule has 2 amide bonds. The Labute approximate surface area is 214 Å². The van der Waals surface area contributed by atoms with E-state index in [4.69, 9.17) is 5.73 Å². The minimum absolute atomic E-state index is 0.0125. The lowest BCUT2D eigenvalue weighted by atomic mass is 10.0. The van der Waals surface area contributed by atoms with Gasteiger partial charge in [0.1, 0.15) is 27.6 Å². The van der Waals surface area contributed by atoms with Crippen LogP contribution >= 0.6 is 11.3 Å². The Bertz CT molecular complexity index is 1560. The highest BCUT2D eigenvalue weighted by atomic mass is 32.1. The van der Waals surface area contributed by atoms with Gasteiger partial charge in [0.05, 0.1) is 17.1 Å². The normalized spacial score (nSPS) is 12.3. The van der Waals surface area contributed by atoms with Crippen molar-refractivity contribution >= 4 is 39.1 Å². The number of carbonyl (C=O) groups is 2. The summed E-state index contributed by atoms with van der Waals surface area (Å²) in [4.78, 5) is 28.1. The van der Waals surface area contributed by atoms with Crippen molar-refractivity contribution in [2.24, 2.45) is 5.73 Å². The van der Waals surface area contributed by atoms with Crippen molar-refractivity contribution in [1.29, 1.82) is 0 Å². The van der Waals surface area contributed by atoms with Crippen molar-refractivity contribution in [3.63, 3.8) is 0 Å². The molecule has 4 rings (SSSR count). The SMILES string of the molecule is CCn1cc(-c2cc(C(F)(F)F)nc3sc(C(N)=O)c(NC(=O)Cn4nc(C)cc4C(F)(F)F)c23)c(C)n1. The van der Waals surface area contributed by atoms with Crippen LogP contribution in [0.5, 0.6) is 0 Å². The van der Waals surface area contributed by atoms with E-state index < -0.39 is 42.1 Å². The third kappa shape index (κ3) is 5.07. The number of thiophene rings is 1. The Kier molecular flexibility index (Phi) is 6.71. The fourth-order valence-electron chi connectivity index (χ4n) is 3.90. The van der Waals surface area contributed by atoms with Crippen molar-refractivity contribution < 1.29 is 35.9 Å². The molecular formula is C22H19F6N7O2S. The molecule has 0 aliphatic rings. The molecule has 4 aromatic heterocycles. The number of anilines is 1. The fourth-order valence-corrected chi connectivity index (χ4v) is 4.91. The van der Waals surface area contributed by atoms with Gasteiger partial charge in [-0.2, -0.15) is 36.5 Å². The number of aryl methyl sites for hydroxylation is 3. The first-order valence-corrected chi connectivity index (χ1v) is 11.7. The van der Waals surface area contributed by atoms with Gasteiger partial charge < -0.3 is 11.1 Å². The number of amides is 2. The maximum atomic E-state index is 13.7. The third-order valence-corrected chi connectivity index (χ3v) is 6.59. The van der Waals surface area contributed by atoms with Crippen molar-refractivity contribution in [1.82, 2.24) is 24.5 Å². The molecule has 0 unspecified atom stereocenters. The Balaban J connectivity index is 1.89. The number of halogens is 6. The Morgan fingerprint density at radius 1 is 1.05 bits per heavy atom. The number of carbonyl (C=O) groups excluding carboxylic acids is 2. The topological polar surface area (TPSA) is 121 Å². The van der Waals surface area contributed by atoms with Crippen LogP contribution in [0.2, 0.25) is 0 Å². The number of primary amides is 1. The number of alkyl halides is 6. The van der Waals surface area contributed by atoms with Crippen LogP contribution in [0.25, 0.3) is 21.3 Å². The average Bonchev–Trinajstić information content (AvgIpc) is 3.47. The predicted octanol–water partition coefficient (Wildman–Crippen LogP) is 4.77. The Morgan fingerprint density at radius 3 is 2.29 bits per heavy atom. The van der Waals surface area contributed by atoms with Gasteiger partial charge in [-0.1, -0.05) is 0 Å². The fraction of sp³-hybridized carbons (Fsp3) is 0.318. The highest BCUT2D eigenvalue weighted by molar-refractivity contribution is 7.21. The van der Waals surface area contributed by atoms with Crippen LogP contribution in [-0.2, 0) is 30.2 Å². The van der Waals surface area contributed by atoms with Crippen LogP contribution in [0.4, 0.5) is 32.0 Å². The molecule has 38 heavy (non-hydrogen) atoms. The second kappa shape index (κ2) is 9.41. The number of fused-ring (bicyclic) bond motifs is 1. The average molecular weight is 559 g/mol. The molecule has 0 saturated carbocycles. The molecule has 0 fully saturated rings. The van der Waals surface area contributed by atoms with Crippen LogP contribution in [-0.4, -0.2) is 36.4 Å². The Morgan fingerprint density at radius 2 is 1.74 bits per heavy atom. The lowest BCUT2D eigenvalue weighted by Crippen LogP contribution is -2.24. The highest BCUT2D eigenvalue weighted by Gasteiger charge is 2.37. The van der Waals surface area contributed by atoms with Crippen molar-refractivity contribution in [2.75, 3.05) is 5.32 Å². The summed E-state index contributed by atoms with van der Waals surface area (Å²) in [5.74, 6) is -2.10. The molecule has 0 spiro atoms. The summed E-state index contributed by atoms with van der Waals surface area (Å²) in [5.41, 5.74) is 3.37. The molecule has 0 bridgehead atoms. The smallest absolute Gasteiger partial charge is 0.365 e. The summed E-state index contributed by atoms with van der Waals surface area (Å²) in [6, 6.07) is 1.52. The first-order valence-electron chi connectivity index (χ1n) is 10.9. The highest BCUT2D eigenvalue weighted by Crippen LogP contribution is 2.44. The molecule has 0 aliphatic carbocycles. The zero-order valence-corrected chi connectivity index (χ0v) is 20.8. The van der Waals surface area contributed by atoms with Gasteiger partial charge in [-0.3, -0.25) is 19.0 Å². The quantitative estimate of drug-likeness (QED) is 0.330. The minimum Gasteiger partial charge on any atom is -0.365 e. The number of hydrogen-bond acceptors (Lipinski definition) is 6. The molecule has 4 aromatic rings. The summed E-state index contributed by atoms with van der Waals surface area (Å²) in [7, 11) is 0. The van der Waals surface area contributed by atoms with Crippen LogP contribution < -0.4 is 11.1 Å². The maximum absolute atomic E-state index is 13.7. The first kappa shape index (κ1) is 27.1. The number of aromatic nitrogens is 5. The van der Waals surface area contributed by atoms with E-state index in [1.165, 1.54) is 17.8 Å². The van der Waals surface area contributed by atoms with Gasteiger partial charge in [0.15, 0.2) is 0 Å². The molecule has 0 aliphatic heterocycles. The van der Waals surface area contributed by atoms with Gasteiger partial charge in [0.25, 0.3) is 5.91 Å². The molecule has 0 atom stereocenters. The molecule has 202 valence electrons. The molecule has 0 aromatic carbocycles. The van der Waals surface area contributed by atoms with Gasteiger partial charge in [-0.15, -0.1) is 11.3 Å². The lowest BCUT2D eigenvalue weighted by molar-refractivity contribution is -0.144. The molecule has 3 N–H and O–H groups in total. The molecular weight excluding hydrogens is 540 g/mol. The summed E-state index contributed by atoms with van der Waals surface area (Å²) in [5, 5.41) is 10.3. The standard InChI is InChI=1S/C22H19F6N7O2S/c1-4-34-7-12(10(3)33-34)11-6-13(21(23,24)25)30-20-16(11)17(18(38-20)19(29)37)31-15(36)8-35-14(22(26,27)28)5-9(2)32-35/h5-7H,4,8H2,1-3H3,(H2,29,37)(H,31,36). The van der Waals surface area contributed by atoms with Gasteiger partial charge in [0, 0.05) is 23.7 Å². The second-order valence-corrected chi connectivity index (χ2v) is 9.26. The summed E-state index contributed by atoms with van der Waals surface area (Å²) in [6.45, 7) is 4.17. The number of nitrogens with one attached hydrogen (secondary N) is 1. The van der Waals surface area contributed by atoms with Crippen LogP contribution in [0.1, 0.15) is 39.4 Å². The number of nitrogens with two attached hydrogens (primary N) is 1. The van der Waals surface area contributed by atoms with E-state index in [1.807, 2.05) is 0 Å². The summed E-state index contributed by atoms with van der Waals surface area (Å²) in [6.07, 6.45) is -8.14.